The first kappa shape index (κ1) is 11.3. The monoisotopic (exact) mass is 226 g/mol. The molecule has 1 heterocycles. The molecule has 1 fully saturated rings. The van der Waals surface area contributed by atoms with Crippen molar-refractivity contribution < 1.29 is 0 Å². The van der Waals surface area contributed by atoms with E-state index in [0.29, 0.717) is 6.04 Å². The van der Waals surface area contributed by atoms with E-state index < -0.39 is 0 Å². The van der Waals surface area contributed by atoms with Gasteiger partial charge in [-0.3, -0.25) is 4.99 Å². The Morgan fingerprint density at radius 3 is 3.00 bits per heavy atom. The molecule has 3 heteroatoms. The van der Waals surface area contributed by atoms with Crippen LogP contribution in [-0.2, 0) is 0 Å². The van der Waals surface area contributed by atoms with E-state index in [1.54, 1.807) is 0 Å². The second-order valence-corrected chi connectivity index (χ2v) is 5.67. The van der Waals surface area contributed by atoms with Crippen LogP contribution in [0.4, 0.5) is 0 Å². The maximum atomic E-state index is 4.65. The molecule has 0 spiro atoms. The molecule has 0 aromatic rings. The first-order valence-corrected chi connectivity index (χ1v) is 7.51. The molecule has 1 aliphatic carbocycles. The molecular formula is C12H22N2S. The molecule has 0 radical (unpaired) electrons. The zero-order valence-electron chi connectivity index (χ0n) is 9.67. The lowest BCUT2D eigenvalue weighted by atomic mass is 10.2. The second-order valence-electron chi connectivity index (χ2n) is 4.59. The number of nitrogens with zero attached hydrogens (tertiary/aromatic N) is 1. The summed E-state index contributed by atoms with van der Waals surface area (Å²) in [5.74, 6) is 1.29. The van der Waals surface area contributed by atoms with Crippen LogP contribution in [0.1, 0.15) is 44.9 Å². The fourth-order valence-electron chi connectivity index (χ4n) is 2.58. The highest BCUT2D eigenvalue weighted by Gasteiger charge is 2.26. The topological polar surface area (TPSA) is 24.4 Å². The SMILES string of the molecule is CSC1CCCC1NC1=NCCCCC1. The van der Waals surface area contributed by atoms with E-state index >= 15 is 0 Å². The van der Waals surface area contributed by atoms with Gasteiger partial charge in [0, 0.05) is 24.3 Å². The van der Waals surface area contributed by atoms with Crippen molar-refractivity contribution in [1.29, 1.82) is 0 Å². The zero-order valence-corrected chi connectivity index (χ0v) is 10.5. The lowest BCUT2D eigenvalue weighted by Gasteiger charge is -2.21. The third-order valence-electron chi connectivity index (χ3n) is 3.48. The van der Waals surface area contributed by atoms with Gasteiger partial charge in [-0.25, -0.2) is 0 Å². The molecule has 2 aliphatic rings. The average Bonchev–Trinajstić information content (AvgIpc) is 2.53. The van der Waals surface area contributed by atoms with Gasteiger partial charge in [-0.2, -0.15) is 11.8 Å². The Labute approximate surface area is 97.3 Å². The summed E-state index contributed by atoms with van der Waals surface area (Å²) in [6.45, 7) is 1.04. The standard InChI is InChI=1S/C12H22N2S/c1-15-11-7-5-6-10(11)14-12-8-3-2-4-9-13-12/h10-11H,2-9H2,1H3,(H,13,14). The number of hydrogen-bond acceptors (Lipinski definition) is 3. The van der Waals surface area contributed by atoms with E-state index in [-0.39, 0.29) is 0 Å². The molecule has 0 aromatic carbocycles. The van der Waals surface area contributed by atoms with Crippen LogP contribution >= 0.6 is 11.8 Å². The van der Waals surface area contributed by atoms with Gasteiger partial charge >= 0.3 is 0 Å². The fraction of sp³-hybridized carbons (Fsp3) is 0.917. The maximum absolute atomic E-state index is 4.65. The quantitative estimate of drug-likeness (QED) is 0.783. The maximum Gasteiger partial charge on any atom is 0.0965 e. The van der Waals surface area contributed by atoms with Crippen molar-refractivity contribution in [2.24, 2.45) is 4.99 Å². The minimum atomic E-state index is 0.692. The van der Waals surface area contributed by atoms with Gasteiger partial charge in [0.25, 0.3) is 0 Å². The number of aliphatic imine (C=N–C) groups is 1. The fourth-order valence-corrected chi connectivity index (χ4v) is 3.51. The van der Waals surface area contributed by atoms with E-state index in [1.807, 2.05) is 11.8 Å². The van der Waals surface area contributed by atoms with Gasteiger partial charge < -0.3 is 5.32 Å². The highest BCUT2D eigenvalue weighted by atomic mass is 32.2. The minimum absolute atomic E-state index is 0.692. The van der Waals surface area contributed by atoms with E-state index in [0.717, 1.165) is 11.8 Å². The van der Waals surface area contributed by atoms with Crippen LogP contribution in [0.3, 0.4) is 0 Å². The third kappa shape index (κ3) is 3.13. The van der Waals surface area contributed by atoms with Crippen molar-refractivity contribution in [3.8, 4) is 0 Å². The predicted octanol–water partition coefficient (Wildman–Crippen LogP) is 2.83. The van der Waals surface area contributed by atoms with Crippen LogP contribution in [0.25, 0.3) is 0 Å². The third-order valence-corrected chi connectivity index (χ3v) is 4.65. The summed E-state index contributed by atoms with van der Waals surface area (Å²) in [6.07, 6.45) is 11.5. The minimum Gasteiger partial charge on any atom is -0.370 e. The molecule has 1 saturated carbocycles. The Hall–Kier alpha value is -0.180. The molecular weight excluding hydrogens is 204 g/mol. The summed E-state index contributed by atoms with van der Waals surface area (Å²) in [7, 11) is 0. The molecule has 0 aromatic heterocycles. The van der Waals surface area contributed by atoms with Crippen LogP contribution in [0, 0.1) is 0 Å². The molecule has 2 unspecified atom stereocenters. The van der Waals surface area contributed by atoms with Gasteiger partial charge in [0.1, 0.15) is 0 Å². The number of rotatable bonds is 2. The Bertz CT molecular complexity index is 228. The Morgan fingerprint density at radius 2 is 2.13 bits per heavy atom. The largest absolute Gasteiger partial charge is 0.370 e. The molecule has 0 saturated heterocycles. The van der Waals surface area contributed by atoms with Crippen LogP contribution in [-0.4, -0.2) is 29.9 Å². The van der Waals surface area contributed by atoms with Crippen LogP contribution in [0.5, 0.6) is 0 Å². The van der Waals surface area contributed by atoms with Crippen LogP contribution < -0.4 is 5.32 Å². The number of hydrogen-bond donors (Lipinski definition) is 1. The van der Waals surface area contributed by atoms with Gasteiger partial charge in [-0.05, 0) is 31.9 Å². The van der Waals surface area contributed by atoms with Crippen molar-refractivity contribution in [1.82, 2.24) is 5.32 Å². The lowest BCUT2D eigenvalue weighted by Crippen LogP contribution is -2.38. The van der Waals surface area contributed by atoms with Gasteiger partial charge in [-0.1, -0.05) is 12.8 Å². The number of nitrogens with one attached hydrogen (secondary N) is 1. The molecule has 1 N–H and O–H groups in total. The molecule has 2 rings (SSSR count). The number of thioether (sulfide) groups is 1. The molecule has 0 amide bonds. The van der Waals surface area contributed by atoms with E-state index in [4.69, 9.17) is 0 Å². The highest BCUT2D eigenvalue weighted by molar-refractivity contribution is 7.99. The second kappa shape index (κ2) is 5.78. The van der Waals surface area contributed by atoms with Crippen LogP contribution in [0.2, 0.25) is 0 Å². The molecule has 1 aliphatic heterocycles. The summed E-state index contributed by atoms with van der Waals surface area (Å²) in [4.78, 5) is 4.65. The van der Waals surface area contributed by atoms with Crippen molar-refractivity contribution >= 4 is 17.6 Å². The molecule has 0 bridgehead atoms. The van der Waals surface area contributed by atoms with Crippen molar-refractivity contribution in [3.63, 3.8) is 0 Å². The van der Waals surface area contributed by atoms with E-state index in [9.17, 15) is 0 Å². The van der Waals surface area contributed by atoms with Gasteiger partial charge in [-0.15, -0.1) is 0 Å². The van der Waals surface area contributed by atoms with Crippen molar-refractivity contribution in [3.05, 3.63) is 0 Å². The number of amidine groups is 1. The zero-order chi connectivity index (χ0) is 10.5. The van der Waals surface area contributed by atoms with Crippen molar-refractivity contribution in [2.75, 3.05) is 12.8 Å². The summed E-state index contributed by atoms with van der Waals surface area (Å²) < 4.78 is 0. The Kier molecular flexibility index (Phi) is 4.36. The van der Waals surface area contributed by atoms with Gasteiger partial charge in [0.15, 0.2) is 0 Å². The summed E-state index contributed by atoms with van der Waals surface area (Å²) in [6, 6.07) is 0.692. The lowest BCUT2D eigenvalue weighted by molar-refractivity contribution is 0.631. The molecule has 2 nitrogen and oxygen atoms in total. The molecule has 2 atom stereocenters. The van der Waals surface area contributed by atoms with E-state index in [2.05, 4.69) is 16.6 Å². The molecule has 86 valence electrons. The van der Waals surface area contributed by atoms with E-state index in [1.165, 1.54) is 50.8 Å². The predicted molar refractivity (Wildman–Crippen MR) is 68.8 cm³/mol. The van der Waals surface area contributed by atoms with Gasteiger partial charge in [0.05, 0.1) is 5.84 Å². The Balaban J connectivity index is 1.86. The summed E-state index contributed by atoms with van der Waals surface area (Å²) in [5, 5.41) is 4.50. The summed E-state index contributed by atoms with van der Waals surface area (Å²) >= 11 is 2.02. The van der Waals surface area contributed by atoms with Crippen molar-refractivity contribution in [2.45, 2.75) is 56.2 Å². The normalized spacial score (nSPS) is 32.2. The van der Waals surface area contributed by atoms with Crippen LogP contribution in [0.15, 0.2) is 4.99 Å². The average molecular weight is 226 g/mol. The first-order valence-electron chi connectivity index (χ1n) is 6.23. The molecule has 15 heavy (non-hydrogen) atoms. The van der Waals surface area contributed by atoms with Gasteiger partial charge in [0.2, 0.25) is 0 Å². The highest BCUT2D eigenvalue weighted by Crippen LogP contribution is 2.28. The summed E-state index contributed by atoms with van der Waals surface area (Å²) in [5.41, 5.74) is 0. The Morgan fingerprint density at radius 1 is 1.20 bits per heavy atom. The smallest absolute Gasteiger partial charge is 0.0965 e. The first-order chi connectivity index (χ1) is 7.40.